The Kier molecular flexibility index (Phi) is 9.25. The van der Waals surface area contributed by atoms with Crippen molar-refractivity contribution in [3.8, 4) is 0 Å². The van der Waals surface area contributed by atoms with E-state index in [1.807, 2.05) is 11.8 Å². The number of nitrogens with two attached hydrogens (primary N) is 1. The van der Waals surface area contributed by atoms with Crippen LogP contribution in [0.1, 0.15) is 26.2 Å². The number of rotatable bonds is 8. The lowest BCUT2D eigenvalue weighted by molar-refractivity contribution is -0.119. The lowest BCUT2D eigenvalue weighted by Gasteiger charge is -2.32. The Hall–Kier alpha value is -0.950. The zero-order valence-electron chi connectivity index (χ0n) is 13.2. The molecule has 1 aliphatic rings. The van der Waals surface area contributed by atoms with E-state index in [4.69, 9.17) is 5.73 Å². The van der Waals surface area contributed by atoms with Crippen LogP contribution in [0.5, 0.6) is 0 Å². The molecule has 7 heteroatoms. The number of guanidine groups is 1. The minimum absolute atomic E-state index is 0.245. The van der Waals surface area contributed by atoms with Crippen LogP contribution in [0, 0.1) is 0 Å². The topological polar surface area (TPSA) is 82.8 Å². The molecule has 0 radical (unpaired) electrons. The Balaban J connectivity index is 2.33. The number of primary amides is 1. The predicted octanol–water partition coefficient (Wildman–Crippen LogP) is 0.244. The van der Waals surface area contributed by atoms with E-state index in [0.717, 1.165) is 57.2 Å². The van der Waals surface area contributed by atoms with E-state index < -0.39 is 0 Å². The molecule has 122 valence electrons. The maximum atomic E-state index is 10.9. The first-order chi connectivity index (χ1) is 10.2. The molecule has 0 aromatic heterocycles. The highest BCUT2D eigenvalue weighted by atomic mass is 32.2. The van der Waals surface area contributed by atoms with E-state index in [9.17, 15) is 4.79 Å². The van der Waals surface area contributed by atoms with Crippen molar-refractivity contribution in [2.75, 3.05) is 44.7 Å². The Morgan fingerprint density at radius 2 is 2.14 bits per heavy atom. The molecule has 1 saturated heterocycles. The standard InChI is InChI=1S/C14H29N5OS/c1-3-16-14(17-7-4-10-21-2)18-12-5-8-19(9-6-12)11-13(15)20/h12H,3-11H2,1-2H3,(H2,15,20)(H2,16,17,18). The van der Waals surface area contributed by atoms with Crippen LogP contribution in [-0.2, 0) is 4.79 Å². The smallest absolute Gasteiger partial charge is 0.231 e. The van der Waals surface area contributed by atoms with Crippen molar-refractivity contribution in [3.05, 3.63) is 0 Å². The molecule has 1 amide bonds. The van der Waals surface area contributed by atoms with E-state index in [-0.39, 0.29) is 5.91 Å². The lowest BCUT2D eigenvalue weighted by atomic mass is 10.1. The third kappa shape index (κ3) is 8.16. The number of thioether (sulfide) groups is 1. The van der Waals surface area contributed by atoms with Crippen molar-refractivity contribution < 1.29 is 4.79 Å². The van der Waals surface area contributed by atoms with E-state index >= 15 is 0 Å². The summed E-state index contributed by atoms with van der Waals surface area (Å²) in [5.41, 5.74) is 5.23. The first kappa shape index (κ1) is 18.1. The molecule has 0 bridgehead atoms. The highest BCUT2D eigenvalue weighted by Gasteiger charge is 2.20. The summed E-state index contributed by atoms with van der Waals surface area (Å²) in [7, 11) is 0. The van der Waals surface area contributed by atoms with Gasteiger partial charge in [0.2, 0.25) is 5.91 Å². The molecule has 0 aromatic rings. The maximum absolute atomic E-state index is 10.9. The highest BCUT2D eigenvalue weighted by molar-refractivity contribution is 7.98. The molecular formula is C14H29N5OS. The molecule has 1 heterocycles. The highest BCUT2D eigenvalue weighted by Crippen LogP contribution is 2.09. The van der Waals surface area contributed by atoms with Gasteiger partial charge in [0, 0.05) is 32.2 Å². The molecular weight excluding hydrogens is 286 g/mol. The number of amides is 1. The third-order valence-electron chi connectivity index (χ3n) is 3.43. The average molecular weight is 315 g/mol. The molecule has 0 aliphatic carbocycles. The number of hydrogen-bond donors (Lipinski definition) is 3. The van der Waals surface area contributed by atoms with Crippen LogP contribution < -0.4 is 16.4 Å². The summed E-state index contributed by atoms with van der Waals surface area (Å²) in [5, 5.41) is 6.79. The summed E-state index contributed by atoms with van der Waals surface area (Å²) in [6, 6.07) is 0.424. The molecule has 1 rings (SSSR count). The Morgan fingerprint density at radius 1 is 1.43 bits per heavy atom. The summed E-state index contributed by atoms with van der Waals surface area (Å²) in [6.45, 7) is 5.99. The van der Waals surface area contributed by atoms with Gasteiger partial charge in [0.05, 0.1) is 6.54 Å². The van der Waals surface area contributed by atoms with Crippen LogP contribution >= 0.6 is 11.8 Å². The molecule has 0 aromatic carbocycles. The number of aliphatic imine (C=N–C) groups is 1. The van der Waals surface area contributed by atoms with E-state index in [0.29, 0.717) is 12.6 Å². The average Bonchev–Trinajstić information content (AvgIpc) is 2.45. The predicted molar refractivity (Wildman–Crippen MR) is 90.8 cm³/mol. The number of piperidine rings is 1. The van der Waals surface area contributed by atoms with Gasteiger partial charge in [-0.25, -0.2) is 0 Å². The second kappa shape index (κ2) is 10.7. The van der Waals surface area contributed by atoms with Crippen molar-refractivity contribution in [3.63, 3.8) is 0 Å². The minimum Gasteiger partial charge on any atom is -0.369 e. The van der Waals surface area contributed by atoms with Crippen molar-refractivity contribution >= 4 is 23.6 Å². The van der Waals surface area contributed by atoms with Crippen LogP contribution in [0.15, 0.2) is 4.99 Å². The molecule has 21 heavy (non-hydrogen) atoms. The fourth-order valence-corrected chi connectivity index (χ4v) is 2.79. The first-order valence-corrected chi connectivity index (χ1v) is 9.09. The quantitative estimate of drug-likeness (QED) is 0.340. The molecule has 0 saturated carbocycles. The number of carbonyl (C=O) groups excluding carboxylic acids is 1. The van der Waals surface area contributed by atoms with Gasteiger partial charge in [-0.2, -0.15) is 11.8 Å². The maximum Gasteiger partial charge on any atom is 0.231 e. The molecule has 6 nitrogen and oxygen atoms in total. The molecule has 4 N–H and O–H groups in total. The number of nitrogens with zero attached hydrogens (tertiary/aromatic N) is 2. The zero-order valence-corrected chi connectivity index (χ0v) is 14.0. The van der Waals surface area contributed by atoms with Gasteiger partial charge in [0.1, 0.15) is 0 Å². The zero-order chi connectivity index (χ0) is 15.5. The SMILES string of the molecule is CCNC(=NCCCSC)NC1CCN(CC(N)=O)CC1. The van der Waals surface area contributed by atoms with E-state index in [1.54, 1.807) is 0 Å². The summed E-state index contributed by atoms with van der Waals surface area (Å²) in [5.74, 6) is 1.81. The van der Waals surface area contributed by atoms with Gasteiger partial charge in [-0.05, 0) is 38.2 Å². The summed E-state index contributed by atoms with van der Waals surface area (Å²) in [6.07, 6.45) is 5.26. The van der Waals surface area contributed by atoms with Crippen LogP contribution in [-0.4, -0.2) is 67.5 Å². The van der Waals surface area contributed by atoms with Crippen molar-refractivity contribution in [2.24, 2.45) is 10.7 Å². The van der Waals surface area contributed by atoms with Crippen molar-refractivity contribution in [1.82, 2.24) is 15.5 Å². The molecule has 0 unspecified atom stereocenters. The number of likely N-dealkylation sites (tertiary alicyclic amines) is 1. The van der Waals surface area contributed by atoms with Gasteiger partial charge in [-0.15, -0.1) is 0 Å². The number of nitrogens with one attached hydrogen (secondary N) is 2. The summed E-state index contributed by atoms with van der Waals surface area (Å²) >= 11 is 1.85. The van der Waals surface area contributed by atoms with Gasteiger partial charge >= 0.3 is 0 Å². The van der Waals surface area contributed by atoms with Crippen LogP contribution in [0.2, 0.25) is 0 Å². The lowest BCUT2D eigenvalue weighted by Crippen LogP contribution is -2.49. The van der Waals surface area contributed by atoms with Crippen LogP contribution in [0.3, 0.4) is 0 Å². The molecule has 1 fully saturated rings. The Morgan fingerprint density at radius 3 is 2.71 bits per heavy atom. The monoisotopic (exact) mass is 315 g/mol. The summed E-state index contributed by atoms with van der Waals surface area (Å²) < 4.78 is 0. The van der Waals surface area contributed by atoms with E-state index in [1.165, 1.54) is 0 Å². The van der Waals surface area contributed by atoms with Gasteiger partial charge in [-0.3, -0.25) is 14.7 Å². The normalized spacial score (nSPS) is 17.7. The van der Waals surface area contributed by atoms with Crippen LogP contribution in [0.4, 0.5) is 0 Å². The van der Waals surface area contributed by atoms with Gasteiger partial charge in [0.25, 0.3) is 0 Å². The summed E-state index contributed by atoms with van der Waals surface area (Å²) in [4.78, 5) is 17.6. The van der Waals surface area contributed by atoms with Crippen molar-refractivity contribution in [2.45, 2.75) is 32.2 Å². The largest absolute Gasteiger partial charge is 0.369 e. The molecule has 0 spiro atoms. The second-order valence-corrected chi connectivity index (χ2v) is 6.25. The first-order valence-electron chi connectivity index (χ1n) is 7.70. The van der Waals surface area contributed by atoms with E-state index in [2.05, 4.69) is 33.7 Å². The van der Waals surface area contributed by atoms with Crippen LogP contribution in [0.25, 0.3) is 0 Å². The molecule has 1 aliphatic heterocycles. The third-order valence-corrected chi connectivity index (χ3v) is 4.13. The fourth-order valence-electron chi connectivity index (χ4n) is 2.37. The Labute approximate surface area is 132 Å². The fraction of sp³-hybridized carbons (Fsp3) is 0.857. The second-order valence-electron chi connectivity index (χ2n) is 5.27. The number of carbonyl (C=O) groups is 1. The Bertz CT molecular complexity index is 329. The van der Waals surface area contributed by atoms with Crippen molar-refractivity contribution in [1.29, 1.82) is 0 Å². The minimum atomic E-state index is -0.245. The number of hydrogen-bond acceptors (Lipinski definition) is 4. The van der Waals surface area contributed by atoms with Gasteiger partial charge in [0.15, 0.2) is 5.96 Å². The van der Waals surface area contributed by atoms with Gasteiger partial charge in [-0.1, -0.05) is 0 Å². The molecule has 0 atom stereocenters. The van der Waals surface area contributed by atoms with Gasteiger partial charge < -0.3 is 16.4 Å².